The van der Waals surface area contributed by atoms with Gasteiger partial charge in [-0.1, -0.05) is 13.8 Å². The monoisotopic (exact) mass is 161 g/mol. The zero-order chi connectivity index (χ0) is 8.85. The van der Waals surface area contributed by atoms with Crippen molar-refractivity contribution in [3.05, 3.63) is 0 Å². The molecule has 2 atom stereocenters. The van der Waals surface area contributed by atoms with Gasteiger partial charge in [0, 0.05) is 19.6 Å². The van der Waals surface area contributed by atoms with E-state index in [-0.39, 0.29) is 17.7 Å². The van der Waals surface area contributed by atoms with Gasteiger partial charge in [-0.25, -0.2) is 5.48 Å². The standard InChI is InChI=1S/C7H15NO3/c1-5(4-11-3)6(2)7(9)8-10/h5-6,10H,4H2,1-3H3,(H,8,9). The third-order valence-corrected chi connectivity index (χ3v) is 1.81. The van der Waals surface area contributed by atoms with E-state index in [1.165, 1.54) is 0 Å². The quantitative estimate of drug-likeness (QED) is 0.464. The minimum absolute atomic E-state index is 0.118. The molecule has 1 amide bonds. The average Bonchev–Trinajstić information content (AvgIpc) is 2.02. The van der Waals surface area contributed by atoms with E-state index < -0.39 is 0 Å². The molecule has 0 heterocycles. The van der Waals surface area contributed by atoms with Gasteiger partial charge in [0.05, 0.1) is 0 Å². The van der Waals surface area contributed by atoms with Gasteiger partial charge in [0.1, 0.15) is 0 Å². The summed E-state index contributed by atoms with van der Waals surface area (Å²) in [6.07, 6.45) is 0. The lowest BCUT2D eigenvalue weighted by Crippen LogP contribution is -2.31. The summed E-state index contributed by atoms with van der Waals surface area (Å²) in [7, 11) is 1.58. The van der Waals surface area contributed by atoms with E-state index >= 15 is 0 Å². The van der Waals surface area contributed by atoms with Crippen molar-refractivity contribution < 1.29 is 14.7 Å². The molecule has 0 aliphatic carbocycles. The number of hydrogen-bond acceptors (Lipinski definition) is 3. The Hall–Kier alpha value is -0.610. The van der Waals surface area contributed by atoms with Crippen LogP contribution in [0.1, 0.15) is 13.8 Å². The van der Waals surface area contributed by atoms with Crippen LogP contribution >= 0.6 is 0 Å². The summed E-state index contributed by atoms with van der Waals surface area (Å²) in [6.45, 7) is 4.16. The maximum atomic E-state index is 10.8. The molecule has 4 heteroatoms. The summed E-state index contributed by atoms with van der Waals surface area (Å²) in [6, 6.07) is 0. The van der Waals surface area contributed by atoms with Crippen molar-refractivity contribution >= 4 is 5.91 Å². The van der Waals surface area contributed by atoms with Gasteiger partial charge in [-0.3, -0.25) is 10.0 Å². The van der Waals surface area contributed by atoms with Crippen LogP contribution < -0.4 is 5.48 Å². The van der Waals surface area contributed by atoms with Gasteiger partial charge in [0.15, 0.2) is 0 Å². The zero-order valence-electron chi connectivity index (χ0n) is 7.13. The number of rotatable bonds is 4. The van der Waals surface area contributed by atoms with E-state index in [2.05, 4.69) is 0 Å². The molecule has 0 radical (unpaired) electrons. The molecule has 0 aliphatic rings. The molecule has 0 saturated carbocycles. The van der Waals surface area contributed by atoms with Gasteiger partial charge in [-0.15, -0.1) is 0 Å². The molecule has 11 heavy (non-hydrogen) atoms. The lowest BCUT2D eigenvalue weighted by Gasteiger charge is -2.16. The Morgan fingerprint density at radius 1 is 1.64 bits per heavy atom. The van der Waals surface area contributed by atoms with Crippen molar-refractivity contribution in [3.63, 3.8) is 0 Å². The Kier molecular flexibility index (Phi) is 4.81. The second-order valence-corrected chi connectivity index (χ2v) is 2.70. The first-order chi connectivity index (χ1) is 5.13. The number of carbonyl (C=O) groups excluding carboxylic acids is 1. The lowest BCUT2D eigenvalue weighted by molar-refractivity contribution is -0.134. The fourth-order valence-corrected chi connectivity index (χ4v) is 0.767. The fraction of sp³-hybridized carbons (Fsp3) is 0.857. The Morgan fingerprint density at radius 3 is 2.55 bits per heavy atom. The Labute approximate surface area is 66.5 Å². The number of carbonyl (C=O) groups is 1. The molecule has 0 aliphatic heterocycles. The van der Waals surface area contributed by atoms with Crippen LogP contribution in [0.25, 0.3) is 0 Å². The normalized spacial score (nSPS) is 15.6. The molecule has 0 saturated heterocycles. The van der Waals surface area contributed by atoms with E-state index in [4.69, 9.17) is 9.94 Å². The highest BCUT2D eigenvalue weighted by molar-refractivity contribution is 5.77. The number of ether oxygens (including phenoxy) is 1. The molecule has 0 spiro atoms. The van der Waals surface area contributed by atoms with Crippen molar-refractivity contribution in [1.82, 2.24) is 5.48 Å². The second-order valence-electron chi connectivity index (χ2n) is 2.70. The summed E-state index contributed by atoms with van der Waals surface area (Å²) in [4.78, 5) is 10.8. The molecule has 66 valence electrons. The number of methoxy groups -OCH3 is 1. The summed E-state index contributed by atoms with van der Waals surface area (Å²) >= 11 is 0. The van der Waals surface area contributed by atoms with Crippen LogP contribution in [-0.2, 0) is 9.53 Å². The summed E-state index contributed by atoms with van der Waals surface area (Å²) in [5, 5.41) is 8.28. The van der Waals surface area contributed by atoms with Crippen molar-refractivity contribution in [2.45, 2.75) is 13.8 Å². The highest BCUT2D eigenvalue weighted by Gasteiger charge is 2.18. The zero-order valence-corrected chi connectivity index (χ0v) is 7.13. The van der Waals surface area contributed by atoms with Crippen molar-refractivity contribution in [2.75, 3.05) is 13.7 Å². The minimum atomic E-state index is -0.366. The van der Waals surface area contributed by atoms with Crippen molar-refractivity contribution in [1.29, 1.82) is 0 Å². The molecule has 2 unspecified atom stereocenters. The van der Waals surface area contributed by atoms with Crippen molar-refractivity contribution in [3.8, 4) is 0 Å². The van der Waals surface area contributed by atoms with Crippen LogP contribution in [0.3, 0.4) is 0 Å². The first-order valence-electron chi connectivity index (χ1n) is 3.56. The number of hydrogen-bond donors (Lipinski definition) is 2. The van der Waals surface area contributed by atoms with E-state index in [9.17, 15) is 4.79 Å². The molecule has 0 aromatic carbocycles. The molecule has 2 N–H and O–H groups in total. The van der Waals surface area contributed by atoms with E-state index in [1.54, 1.807) is 19.5 Å². The Balaban J connectivity index is 3.80. The van der Waals surface area contributed by atoms with Gasteiger partial charge in [0.25, 0.3) is 0 Å². The van der Waals surface area contributed by atoms with Gasteiger partial charge in [-0.2, -0.15) is 0 Å². The van der Waals surface area contributed by atoms with Crippen LogP contribution in [0.15, 0.2) is 0 Å². The number of nitrogens with one attached hydrogen (secondary N) is 1. The third kappa shape index (κ3) is 3.34. The maximum Gasteiger partial charge on any atom is 0.246 e. The van der Waals surface area contributed by atoms with Gasteiger partial charge in [-0.05, 0) is 5.92 Å². The average molecular weight is 161 g/mol. The smallest absolute Gasteiger partial charge is 0.246 e. The molecule has 0 aromatic heterocycles. The van der Waals surface area contributed by atoms with Gasteiger partial charge >= 0.3 is 0 Å². The first kappa shape index (κ1) is 10.4. The summed E-state index contributed by atoms with van der Waals surface area (Å²) < 4.78 is 4.86. The number of amides is 1. The van der Waals surface area contributed by atoms with E-state index in [0.717, 1.165) is 0 Å². The van der Waals surface area contributed by atoms with E-state index in [1.807, 2.05) is 6.92 Å². The molecular weight excluding hydrogens is 146 g/mol. The molecule has 0 fully saturated rings. The maximum absolute atomic E-state index is 10.8. The summed E-state index contributed by atoms with van der Waals surface area (Å²) in [5.41, 5.74) is 1.61. The highest BCUT2D eigenvalue weighted by Crippen LogP contribution is 2.10. The summed E-state index contributed by atoms with van der Waals surface area (Å²) in [5.74, 6) is -0.471. The third-order valence-electron chi connectivity index (χ3n) is 1.81. The van der Waals surface area contributed by atoms with Crippen LogP contribution in [-0.4, -0.2) is 24.8 Å². The van der Waals surface area contributed by atoms with Crippen LogP contribution in [0.4, 0.5) is 0 Å². The first-order valence-corrected chi connectivity index (χ1v) is 3.56. The molecule has 4 nitrogen and oxygen atoms in total. The SMILES string of the molecule is COCC(C)C(C)C(=O)NO. The van der Waals surface area contributed by atoms with Crippen LogP contribution in [0.2, 0.25) is 0 Å². The Morgan fingerprint density at radius 2 is 2.18 bits per heavy atom. The lowest BCUT2D eigenvalue weighted by atomic mass is 9.96. The van der Waals surface area contributed by atoms with Crippen molar-refractivity contribution in [2.24, 2.45) is 11.8 Å². The topological polar surface area (TPSA) is 58.6 Å². The van der Waals surface area contributed by atoms with Crippen LogP contribution in [0.5, 0.6) is 0 Å². The van der Waals surface area contributed by atoms with Gasteiger partial charge in [0.2, 0.25) is 5.91 Å². The van der Waals surface area contributed by atoms with Gasteiger partial charge < -0.3 is 4.74 Å². The van der Waals surface area contributed by atoms with Crippen LogP contribution in [0, 0.1) is 11.8 Å². The predicted octanol–water partition coefficient (Wildman–Crippen LogP) is 0.410. The predicted molar refractivity (Wildman–Crippen MR) is 40.1 cm³/mol. The molecular formula is C7H15NO3. The van der Waals surface area contributed by atoms with E-state index in [0.29, 0.717) is 6.61 Å². The highest BCUT2D eigenvalue weighted by atomic mass is 16.5. The number of hydroxylamine groups is 1. The second kappa shape index (κ2) is 5.09. The fourth-order valence-electron chi connectivity index (χ4n) is 0.767. The molecule has 0 rings (SSSR count). The Bertz CT molecular complexity index is 127. The largest absolute Gasteiger partial charge is 0.384 e. The minimum Gasteiger partial charge on any atom is -0.384 e. The molecule has 0 aromatic rings. The molecule has 0 bridgehead atoms.